The Morgan fingerprint density at radius 3 is 3.21 bits per heavy atom. The maximum atomic E-state index is 11.5. The number of esters is 1. The van der Waals surface area contributed by atoms with Crippen LogP contribution in [0.25, 0.3) is 0 Å². The smallest absolute Gasteiger partial charge is 0.327 e. The van der Waals surface area contributed by atoms with E-state index in [0.29, 0.717) is 5.92 Å². The monoisotopic (exact) mass is 211 g/mol. The first-order chi connectivity index (χ1) is 6.74. The molecule has 1 aromatic heterocycles. The Hall–Kier alpha value is -0.870. The number of thiophene rings is 1. The summed E-state index contributed by atoms with van der Waals surface area (Å²) in [7, 11) is 1.42. The van der Waals surface area contributed by atoms with Gasteiger partial charge in [0.15, 0.2) is 0 Å². The van der Waals surface area contributed by atoms with Crippen LogP contribution in [0.4, 0.5) is 0 Å². The van der Waals surface area contributed by atoms with Gasteiger partial charge in [0.1, 0.15) is 6.04 Å². The van der Waals surface area contributed by atoms with Crippen molar-refractivity contribution in [2.24, 2.45) is 0 Å². The quantitative estimate of drug-likeness (QED) is 0.718. The fourth-order valence-corrected chi connectivity index (χ4v) is 2.79. The van der Waals surface area contributed by atoms with E-state index in [1.807, 2.05) is 11.4 Å². The van der Waals surface area contributed by atoms with Crippen molar-refractivity contribution in [2.45, 2.75) is 18.9 Å². The molecule has 0 amide bonds. The molecule has 0 saturated carbocycles. The summed E-state index contributed by atoms with van der Waals surface area (Å²) >= 11 is 1.72. The molecule has 0 saturated heterocycles. The Kier molecular flexibility index (Phi) is 2.56. The molecule has 0 spiro atoms. The van der Waals surface area contributed by atoms with Gasteiger partial charge in [0.2, 0.25) is 0 Å². The van der Waals surface area contributed by atoms with E-state index in [-0.39, 0.29) is 12.0 Å². The predicted molar refractivity (Wildman–Crippen MR) is 55.5 cm³/mol. The summed E-state index contributed by atoms with van der Waals surface area (Å²) in [5, 5.41) is 5.23. The van der Waals surface area contributed by atoms with Crippen LogP contribution in [0, 0.1) is 0 Å². The second-order valence-electron chi connectivity index (χ2n) is 3.51. The standard InChI is InChI=1S/C10H13NO2S/c1-6-5-11-8(10(12)13-2)7-3-4-14-9(6)7/h3-4,6,8,11H,5H2,1-2H3. The zero-order valence-electron chi connectivity index (χ0n) is 8.24. The maximum absolute atomic E-state index is 11.5. The van der Waals surface area contributed by atoms with Gasteiger partial charge in [0, 0.05) is 17.3 Å². The minimum atomic E-state index is -0.266. The van der Waals surface area contributed by atoms with Crippen LogP contribution in [-0.4, -0.2) is 19.6 Å². The number of nitrogens with one attached hydrogen (secondary N) is 1. The van der Waals surface area contributed by atoms with Crippen LogP contribution in [0.2, 0.25) is 0 Å². The molecule has 0 bridgehead atoms. The summed E-state index contributed by atoms with van der Waals surface area (Å²) in [5.74, 6) is 0.294. The van der Waals surface area contributed by atoms with Crippen molar-refractivity contribution in [1.82, 2.24) is 5.32 Å². The third-order valence-electron chi connectivity index (χ3n) is 2.55. The van der Waals surface area contributed by atoms with Crippen molar-refractivity contribution in [2.75, 3.05) is 13.7 Å². The first-order valence-corrected chi connectivity index (χ1v) is 5.50. The first kappa shape index (κ1) is 9.68. The van der Waals surface area contributed by atoms with Crippen LogP contribution in [0.15, 0.2) is 11.4 Å². The largest absolute Gasteiger partial charge is 0.468 e. The lowest BCUT2D eigenvalue weighted by atomic mass is 9.96. The van der Waals surface area contributed by atoms with Crippen LogP contribution >= 0.6 is 11.3 Å². The van der Waals surface area contributed by atoms with Crippen LogP contribution in [0.3, 0.4) is 0 Å². The van der Waals surface area contributed by atoms with Crippen molar-refractivity contribution in [3.05, 3.63) is 21.9 Å². The van der Waals surface area contributed by atoms with Gasteiger partial charge in [-0.1, -0.05) is 6.92 Å². The Morgan fingerprint density at radius 2 is 2.50 bits per heavy atom. The van der Waals surface area contributed by atoms with Crippen molar-refractivity contribution in [3.8, 4) is 0 Å². The minimum Gasteiger partial charge on any atom is -0.468 e. The highest BCUT2D eigenvalue weighted by Gasteiger charge is 2.30. The van der Waals surface area contributed by atoms with Crippen LogP contribution < -0.4 is 5.32 Å². The van der Waals surface area contributed by atoms with Gasteiger partial charge in [0.25, 0.3) is 0 Å². The molecular weight excluding hydrogens is 198 g/mol. The highest BCUT2D eigenvalue weighted by molar-refractivity contribution is 7.10. The van der Waals surface area contributed by atoms with E-state index >= 15 is 0 Å². The fraction of sp³-hybridized carbons (Fsp3) is 0.500. The second kappa shape index (κ2) is 3.71. The SMILES string of the molecule is COC(=O)C1NCC(C)c2sccc21. The highest BCUT2D eigenvalue weighted by Crippen LogP contribution is 2.34. The molecule has 14 heavy (non-hydrogen) atoms. The molecule has 2 rings (SSSR count). The normalized spacial score (nSPS) is 25.6. The molecular formula is C10H13NO2S. The number of ether oxygens (including phenoxy) is 1. The first-order valence-electron chi connectivity index (χ1n) is 4.62. The van der Waals surface area contributed by atoms with Crippen LogP contribution in [-0.2, 0) is 9.53 Å². The van der Waals surface area contributed by atoms with Gasteiger partial charge in [0.05, 0.1) is 7.11 Å². The Bertz CT molecular complexity index is 348. The summed E-state index contributed by atoms with van der Waals surface area (Å²) in [6.07, 6.45) is 0. The van der Waals surface area contributed by atoms with Crippen molar-refractivity contribution in [3.63, 3.8) is 0 Å². The predicted octanol–water partition coefficient (Wildman–Crippen LogP) is 1.67. The van der Waals surface area contributed by atoms with Gasteiger partial charge in [-0.2, -0.15) is 0 Å². The molecule has 1 aliphatic rings. The Labute approximate surface area is 87.1 Å². The van der Waals surface area contributed by atoms with E-state index in [9.17, 15) is 4.79 Å². The van der Waals surface area contributed by atoms with E-state index in [1.165, 1.54) is 12.0 Å². The lowest BCUT2D eigenvalue weighted by molar-refractivity contribution is -0.143. The molecule has 1 aliphatic heterocycles. The van der Waals surface area contributed by atoms with E-state index in [0.717, 1.165) is 12.1 Å². The average Bonchev–Trinajstić information content (AvgIpc) is 2.67. The Balaban J connectivity index is 2.34. The molecule has 2 unspecified atom stereocenters. The molecule has 1 N–H and O–H groups in total. The number of carbonyl (C=O) groups is 1. The third-order valence-corrected chi connectivity index (χ3v) is 3.71. The number of hydrogen-bond acceptors (Lipinski definition) is 4. The van der Waals surface area contributed by atoms with Gasteiger partial charge in [-0.05, 0) is 17.0 Å². The lowest BCUT2D eigenvalue weighted by Gasteiger charge is -2.26. The summed E-state index contributed by atoms with van der Waals surface area (Å²) in [6, 6.07) is 1.74. The topological polar surface area (TPSA) is 38.3 Å². The van der Waals surface area contributed by atoms with Gasteiger partial charge in [-0.3, -0.25) is 0 Å². The Morgan fingerprint density at radius 1 is 1.71 bits per heavy atom. The zero-order chi connectivity index (χ0) is 10.1. The number of hydrogen-bond donors (Lipinski definition) is 1. The van der Waals surface area contributed by atoms with E-state index in [1.54, 1.807) is 11.3 Å². The molecule has 4 heteroatoms. The van der Waals surface area contributed by atoms with Gasteiger partial charge < -0.3 is 10.1 Å². The fourth-order valence-electron chi connectivity index (χ4n) is 1.80. The highest BCUT2D eigenvalue weighted by atomic mass is 32.1. The van der Waals surface area contributed by atoms with Crippen molar-refractivity contribution in [1.29, 1.82) is 0 Å². The molecule has 0 aromatic carbocycles. The van der Waals surface area contributed by atoms with E-state index < -0.39 is 0 Å². The second-order valence-corrected chi connectivity index (χ2v) is 4.45. The number of methoxy groups -OCH3 is 1. The van der Waals surface area contributed by atoms with Crippen molar-refractivity contribution < 1.29 is 9.53 Å². The molecule has 2 atom stereocenters. The van der Waals surface area contributed by atoms with E-state index in [4.69, 9.17) is 4.74 Å². The maximum Gasteiger partial charge on any atom is 0.327 e. The summed E-state index contributed by atoms with van der Waals surface area (Å²) in [4.78, 5) is 12.8. The molecule has 0 radical (unpaired) electrons. The summed E-state index contributed by atoms with van der Waals surface area (Å²) in [6.45, 7) is 3.00. The van der Waals surface area contributed by atoms with E-state index in [2.05, 4.69) is 12.2 Å². The molecule has 0 fully saturated rings. The molecule has 0 aliphatic carbocycles. The summed E-state index contributed by atoms with van der Waals surface area (Å²) in [5.41, 5.74) is 1.08. The van der Waals surface area contributed by atoms with Gasteiger partial charge in [-0.25, -0.2) is 4.79 Å². The average molecular weight is 211 g/mol. The molecule has 1 aromatic rings. The molecule has 76 valence electrons. The molecule has 3 nitrogen and oxygen atoms in total. The van der Waals surface area contributed by atoms with Crippen LogP contribution in [0.5, 0.6) is 0 Å². The van der Waals surface area contributed by atoms with Gasteiger partial charge in [-0.15, -0.1) is 11.3 Å². The number of rotatable bonds is 1. The molecule has 2 heterocycles. The van der Waals surface area contributed by atoms with Crippen molar-refractivity contribution >= 4 is 17.3 Å². The zero-order valence-corrected chi connectivity index (χ0v) is 9.06. The van der Waals surface area contributed by atoms with Crippen LogP contribution in [0.1, 0.15) is 29.3 Å². The number of fused-ring (bicyclic) bond motifs is 1. The third kappa shape index (κ3) is 1.44. The summed E-state index contributed by atoms with van der Waals surface area (Å²) < 4.78 is 4.75. The lowest BCUT2D eigenvalue weighted by Crippen LogP contribution is -2.36. The number of carbonyl (C=O) groups excluding carboxylic acids is 1. The minimum absolute atomic E-state index is 0.198. The van der Waals surface area contributed by atoms with Gasteiger partial charge >= 0.3 is 5.97 Å².